The number of aromatic nitrogens is 3. The van der Waals surface area contributed by atoms with Crippen LogP contribution in [0.2, 0.25) is 0 Å². The molecule has 0 amide bonds. The van der Waals surface area contributed by atoms with Crippen LogP contribution in [-0.4, -0.2) is 19.9 Å². The minimum atomic E-state index is -0.999. The van der Waals surface area contributed by atoms with Gasteiger partial charge >= 0.3 is 0 Å². The predicted octanol–water partition coefficient (Wildman–Crippen LogP) is 1.80. The first-order valence-electron chi connectivity index (χ1n) is 6.18. The highest BCUT2D eigenvalue weighted by Gasteiger charge is 2.33. The Labute approximate surface area is 113 Å². The molecule has 1 aromatic carbocycles. The molecule has 19 heavy (non-hydrogen) atoms. The molecule has 0 saturated carbocycles. The molecule has 0 spiro atoms. The third kappa shape index (κ3) is 2.67. The predicted molar refractivity (Wildman–Crippen MR) is 73.1 cm³/mol. The number of benzene rings is 1. The summed E-state index contributed by atoms with van der Waals surface area (Å²) in [7, 11) is 0. The van der Waals surface area contributed by atoms with Crippen LogP contribution in [0, 0.1) is 18.3 Å². The van der Waals surface area contributed by atoms with Crippen molar-refractivity contribution in [3.63, 3.8) is 0 Å². The molecule has 2 aromatic rings. The number of rotatable bonds is 4. The lowest BCUT2D eigenvalue weighted by atomic mass is 9.83. The summed E-state index contributed by atoms with van der Waals surface area (Å²) in [6.07, 6.45) is 8.40. The van der Waals surface area contributed by atoms with E-state index in [1.54, 1.807) is 11.0 Å². The molecule has 1 atom stereocenters. The first kappa shape index (κ1) is 13.3. The average molecular weight is 255 g/mol. The highest BCUT2D eigenvalue weighted by Crippen LogP contribution is 2.31. The molecule has 98 valence electrons. The quantitative estimate of drug-likeness (QED) is 0.848. The topological polar surface area (TPSA) is 50.9 Å². The van der Waals surface area contributed by atoms with Gasteiger partial charge in [0.05, 0.1) is 6.54 Å². The second-order valence-corrected chi connectivity index (χ2v) is 4.89. The summed E-state index contributed by atoms with van der Waals surface area (Å²) in [5, 5.41) is 15.0. The maximum absolute atomic E-state index is 11.0. The Morgan fingerprint density at radius 3 is 2.53 bits per heavy atom. The summed E-state index contributed by atoms with van der Waals surface area (Å²) in [5.41, 5.74) is 0.633. The van der Waals surface area contributed by atoms with Crippen LogP contribution in [0.15, 0.2) is 36.9 Å². The maximum atomic E-state index is 11.0. The Kier molecular flexibility index (Phi) is 3.68. The van der Waals surface area contributed by atoms with Crippen LogP contribution in [0.25, 0.3) is 0 Å². The van der Waals surface area contributed by atoms with Crippen molar-refractivity contribution in [3.8, 4) is 12.3 Å². The summed E-state index contributed by atoms with van der Waals surface area (Å²) in [5.74, 6) is 2.61. The van der Waals surface area contributed by atoms with Gasteiger partial charge in [-0.25, -0.2) is 9.67 Å². The summed E-state index contributed by atoms with van der Waals surface area (Å²) in [4.78, 5) is 3.90. The number of hydrogen-bond donors (Lipinski definition) is 1. The first-order valence-corrected chi connectivity index (χ1v) is 6.18. The zero-order chi connectivity index (χ0) is 13.9. The third-order valence-corrected chi connectivity index (χ3v) is 3.38. The van der Waals surface area contributed by atoms with Crippen LogP contribution < -0.4 is 0 Å². The lowest BCUT2D eigenvalue weighted by Gasteiger charge is -2.32. The van der Waals surface area contributed by atoms with Crippen molar-refractivity contribution in [3.05, 3.63) is 48.0 Å². The fraction of sp³-hybridized carbons (Fsp3) is 0.333. The molecule has 0 aliphatic rings. The molecular weight excluding hydrogens is 238 g/mol. The van der Waals surface area contributed by atoms with E-state index in [4.69, 9.17) is 6.42 Å². The molecule has 0 aliphatic carbocycles. The fourth-order valence-electron chi connectivity index (χ4n) is 2.02. The molecule has 0 fully saturated rings. The minimum absolute atomic E-state index is 0.0355. The van der Waals surface area contributed by atoms with Crippen molar-refractivity contribution in [2.75, 3.05) is 0 Å². The number of aliphatic hydroxyl groups is 1. The van der Waals surface area contributed by atoms with Gasteiger partial charge in [-0.05, 0) is 23.6 Å². The molecular formula is C15H17N3O. The SMILES string of the molecule is C#Cc1ccc(C(O)(Cn2cncn2)C(C)C)cc1. The second-order valence-electron chi connectivity index (χ2n) is 4.89. The van der Waals surface area contributed by atoms with E-state index in [-0.39, 0.29) is 5.92 Å². The molecule has 2 rings (SSSR count). The molecule has 0 radical (unpaired) electrons. The van der Waals surface area contributed by atoms with Gasteiger partial charge in [-0.15, -0.1) is 6.42 Å². The number of terminal acetylenes is 1. The van der Waals surface area contributed by atoms with Crippen molar-refractivity contribution in [1.82, 2.24) is 14.8 Å². The standard InChI is InChI=1S/C15H17N3O/c1-4-13-5-7-14(8-6-13)15(19,12(2)3)9-18-11-16-10-17-18/h1,5-8,10-12,19H,9H2,2-3H3. The van der Waals surface area contributed by atoms with Gasteiger partial charge in [-0.2, -0.15) is 5.10 Å². The summed E-state index contributed by atoms with van der Waals surface area (Å²) in [6, 6.07) is 7.41. The molecule has 1 heterocycles. The van der Waals surface area contributed by atoms with Crippen molar-refractivity contribution in [2.24, 2.45) is 5.92 Å². The van der Waals surface area contributed by atoms with E-state index in [0.717, 1.165) is 11.1 Å². The smallest absolute Gasteiger partial charge is 0.137 e. The van der Waals surface area contributed by atoms with E-state index in [2.05, 4.69) is 16.0 Å². The molecule has 4 heteroatoms. The number of nitrogens with zero attached hydrogens (tertiary/aromatic N) is 3. The minimum Gasteiger partial charge on any atom is -0.383 e. The molecule has 1 unspecified atom stereocenters. The molecule has 1 N–H and O–H groups in total. The Bertz CT molecular complexity index is 566. The fourth-order valence-corrected chi connectivity index (χ4v) is 2.02. The summed E-state index contributed by atoms with van der Waals surface area (Å²) in [6.45, 7) is 4.32. The highest BCUT2D eigenvalue weighted by molar-refractivity contribution is 5.36. The zero-order valence-corrected chi connectivity index (χ0v) is 11.1. The largest absolute Gasteiger partial charge is 0.383 e. The van der Waals surface area contributed by atoms with Gasteiger partial charge in [0, 0.05) is 5.56 Å². The van der Waals surface area contributed by atoms with Gasteiger partial charge < -0.3 is 5.11 Å². The van der Waals surface area contributed by atoms with E-state index in [9.17, 15) is 5.11 Å². The Morgan fingerprint density at radius 2 is 2.05 bits per heavy atom. The summed E-state index contributed by atoms with van der Waals surface area (Å²) < 4.78 is 1.63. The van der Waals surface area contributed by atoms with Gasteiger partial charge in [-0.1, -0.05) is 31.9 Å². The van der Waals surface area contributed by atoms with Gasteiger partial charge in [-0.3, -0.25) is 0 Å². The van der Waals surface area contributed by atoms with E-state index >= 15 is 0 Å². The Hall–Kier alpha value is -2.12. The van der Waals surface area contributed by atoms with Crippen LogP contribution in [0.3, 0.4) is 0 Å². The van der Waals surface area contributed by atoms with Crippen LogP contribution in [0.1, 0.15) is 25.0 Å². The number of hydrogen-bond acceptors (Lipinski definition) is 3. The monoisotopic (exact) mass is 255 g/mol. The lowest BCUT2D eigenvalue weighted by molar-refractivity contribution is -0.0295. The average Bonchev–Trinajstić information content (AvgIpc) is 2.91. The van der Waals surface area contributed by atoms with E-state index in [0.29, 0.717) is 6.54 Å². The van der Waals surface area contributed by atoms with Crippen LogP contribution >= 0.6 is 0 Å². The van der Waals surface area contributed by atoms with Crippen molar-refractivity contribution in [2.45, 2.75) is 26.0 Å². The molecule has 4 nitrogen and oxygen atoms in total. The van der Waals surface area contributed by atoms with Gasteiger partial charge in [0.1, 0.15) is 18.3 Å². The zero-order valence-electron chi connectivity index (χ0n) is 11.1. The van der Waals surface area contributed by atoms with Gasteiger partial charge in [0.2, 0.25) is 0 Å². The molecule has 1 aromatic heterocycles. The van der Waals surface area contributed by atoms with E-state index in [1.165, 1.54) is 6.33 Å². The van der Waals surface area contributed by atoms with Crippen molar-refractivity contribution >= 4 is 0 Å². The van der Waals surface area contributed by atoms with Gasteiger partial charge in [0.15, 0.2) is 0 Å². The lowest BCUT2D eigenvalue weighted by Crippen LogP contribution is -2.37. The van der Waals surface area contributed by atoms with E-state index < -0.39 is 5.60 Å². The van der Waals surface area contributed by atoms with Crippen LogP contribution in [0.4, 0.5) is 0 Å². The molecule has 0 bridgehead atoms. The summed E-state index contributed by atoms with van der Waals surface area (Å²) >= 11 is 0. The first-order chi connectivity index (χ1) is 9.06. The van der Waals surface area contributed by atoms with Crippen molar-refractivity contribution < 1.29 is 5.11 Å². The highest BCUT2D eigenvalue weighted by atomic mass is 16.3. The van der Waals surface area contributed by atoms with E-state index in [1.807, 2.05) is 38.1 Å². The maximum Gasteiger partial charge on any atom is 0.137 e. The van der Waals surface area contributed by atoms with Crippen LogP contribution in [0.5, 0.6) is 0 Å². The molecule has 0 aliphatic heterocycles. The van der Waals surface area contributed by atoms with Crippen molar-refractivity contribution in [1.29, 1.82) is 0 Å². The normalized spacial score (nSPS) is 14.1. The Morgan fingerprint density at radius 1 is 1.37 bits per heavy atom. The second kappa shape index (κ2) is 5.25. The van der Waals surface area contributed by atoms with Crippen LogP contribution in [-0.2, 0) is 12.1 Å². The van der Waals surface area contributed by atoms with Gasteiger partial charge in [0.25, 0.3) is 0 Å². The third-order valence-electron chi connectivity index (χ3n) is 3.38. The molecule has 0 saturated heterocycles. The Balaban J connectivity index is 2.35.